The van der Waals surface area contributed by atoms with Gasteiger partial charge in [0, 0.05) is 25.2 Å². The summed E-state index contributed by atoms with van der Waals surface area (Å²) in [6, 6.07) is 3.91. The Hall–Kier alpha value is -1.03. The van der Waals surface area contributed by atoms with Crippen molar-refractivity contribution in [3.05, 3.63) is 17.7 Å². The highest BCUT2D eigenvalue weighted by Crippen LogP contribution is 2.39. The largest absolute Gasteiger partial charge is 0.493 e. The van der Waals surface area contributed by atoms with E-state index in [2.05, 4.69) is 28.8 Å². The van der Waals surface area contributed by atoms with E-state index in [9.17, 15) is 0 Å². The van der Waals surface area contributed by atoms with Crippen molar-refractivity contribution in [3.8, 4) is 17.2 Å². The lowest BCUT2D eigenvalue weighted by atomic mass is 10.1. The smallest absolute Gasteiger partial charge is 0.203 e. The summed E-state index contributed by atoms with van der Waals surface area (Å²) in [5, 5.41) is 6.67. The van der Waals surface area contributed by atoms with Crippen LogP contribution in [0, 0.1) is 0 Å². The van der Waals surface area contributed by atoms with E-state index < -0.39 is 0 Å². The minimum Gasteiger partial charge on any atom is -0.493 e. The molecule has 0 aliphatic carbocycles. The molecule has 0 saturated carbocycles. The molecule has 0 radical (unpaired) electrons. The van der Waals surface area contributed by atoms with Gasteiger partial charge >= 0.3 is 0 Å². The lowest BCUT2D eigenvalue weighted by Crippen LogP contribution is -2.38. The average Bonchev–Trinajstić information content (AvgIpc) is 2.66. The summed E-state index contributed by atoms with van der Waals surface area (Å²) in [4.78, 5) is 4.63. The molecule has 0 saturated heterocycles. The summed E-state index contributed by atoms with van der Waals surface area (Å²) < 4.78 is 16.3. The Kier molecular flexibility index (Phi) is 15.4. The number of ether oxygens (including phenoxy) is 3. The molecular weight excluding hydrogens is 477 g/mol. The quantitative estimate of drug-likeness (QED) is 0.194. The lowest BCUT2D eigenvalue weighted by Gasteiger charge is -2.16. The monoisotopic (exact) mass is 511 g/mol. The van der Waals surface area contributed by atoms with Gasteiger partial charge in [-0.1, -0.05) is 6.07 Å². The first-order valence-electron chi connectivity index (χ1n) is 9.00. The third-order valence-corrected chi connectivity index (χ3v) is 4.54. The lowest BCUT2D eigenvalue weighted by molar-refractivity contribution is 0.322. The minimum atomic E-state index is 0. The molecule has 27 heavy (non-hydrogen) atoms. The van der Waals surface area contributed by atoms with Crippen LogP contribution >= 0.6 is 35.7 Å². The maximum absolute atomic E-state index is 5.54. The van der Waals surface area contributed by atoms with E-state index in [-0.39, 0.29) is 24.0 Å². The van der Waals surface area contributed by atoms with Gasteiger partial charge in [0.05, 0.1) is 21.3 Å². The molecule has 0 atom stereocenters. The van der Waals surface area contributed by atoms with Gasteiger partial charge in [0.1, 0.15) is 0 Å². The molecule has 0 aliphatic heterocycles. The molecule has 0 bridgehead atoms. The van der Waals surface area contributed by atoms with Gasteiger partial charge in [-0.05, 0) is 44.3 Å². The number of rotatable bonds is 12. The number of halogens is 1. The Bertz CT molecular complexity index is 559. The number of methoxy groups -OCH3 is 3. The van der Waals surface area contributed by atoms with E-state index in [4.69, 9.17) is 14.2 Å². The maximum Gasteiger partial charge on any atom is 0.203 e. The number of thioether (sulfide) groups is 1. The van der Waals surface area contributed by atoms with Gasteiger partial charge in [0.2, 0.25) is 5.75 Å². The second-order valence-corrected chi connectivity index (χ2v) is 6.62. The molecule has 1 aromatic rings. The number of unbranched alkanes of at least 4 members (excludes halogenated alkanes) is 1. The van der Waals surface area contributed by atoms with Crippen LogP contribution in [0.4, 0.5) is 0 Å². The average molecular weight is 511 g/mol. The summed E-state index contributed by atoms with van der Waals surface area (Å²) in [7, 11) is 4.89. The molecule has 0 unspecified atom stereocenters. The van der Waals surface area contributed by atoms with Gasteiger partial charge in [0.25, 0.3) is 0 Å². The highest BCUT2D eigenvalue weighted by molar-refractivity contribution is 14.0. The molecule has 0 fully saturated rings. The fraction of sp³-hybridized carbons (Fsp3) is 0.632. The molecule has 0 aliphatic rings. The van der Waals surface area contributed by atoms with Crippen LogP contribution in [-0.2, 0) is 6.42 Å². The third kappa shape index (κ3) is 9.14. The summed E-state index contributed by atoms with van der Waals surface area (Å²) in [5.41, 5.74) is 1.06. The second kappa shape index (κ2) is 16.0. The van der Waals surface area contributed by atoms with Gasteiger partial charge < -0.3 is 24.8 Å². The molecule has 2 N–H and O–H groups in total. The van der Waals surface area contributed by atoms with Crippen LogP contribution in [0.5, 0.6) is 17.2 Å². The van der Waals surface area contributed by atoms with E-state index in [1.165, 1.54) is 12.2 Å². The SMILES string of the molecule is CCNC(=NCCCCSC)NCCc1ccc(OC)c(OC)c1OC.I. The van der Waals surface area contributed by atoms with Crippen molar-refractivity contribution in [2.24, 2.45) is 4.99 Å². The molecule has 8 heteroatoms. The first-order chi connectivity index (χ1) is 12.7. The van der Waals surface area contributed by atoms with E-state index in [1.807, 2.05) is 23.9 Å². The van der Waals surface area contributed by atoms with Crippen LogP contribution in [0.15, 0.2) is 17.1 Å². The van der Waals surface area contributed by atoms with Crippen molar-refractivity contribution >= 4 is 41.7 Å². The Morgan fingerprint density at radius 3 is 2.37 bits per heavy atom. The van der Waals surface area contributed by atoms with Crippen molar-refractivity contribution in [1.29, 1.82) is 0 Å². The Morgan fingerprint density at radius 2 is 1.78 bits per heavy atom. The standard InChI is InChI=1S/C19H33N3O3S.HI/c1-6-20-19(21-12-7-8-14-26-5)22-13-11-15-9-10-16(23-2)18(25-4)17(15)24-3;/h9-10H,6-8,11-14H2,1-5H3,(H2,20,21,22);1H. The van der Waals surface area contributed by atoms with Gasteiger partial charge in [0.15, 0.2) is 17.5 Å². The van der Waals surface area contributed by atoms with E-state index in [0.717, 1.165) is 44.0 Å². The fourth-order valence-electron chi connectivity index (χ4n) is 2.57. The van der Waals surface area contributed by atoms with Crippen LogP contribution in [-0.4, -0.2) is 58.9 Å². The van der Waals surface area contributed by atoms with Crippen LogP contribution in [0.2, 0.25) is 0 Å². The summed E-state index contributed by atoms with van der Waals surface area (Å²) in [6.07, 6.45) is 5.24. The molecular formula is C19H34IN3O3S. The number of hydrogen-bond acceptors (Lipinski definition) is 5. The number of nitrogens with zero attached hydrogens (tertiary/aromatic N) is 1. The summed E-state index contributed by atoms with van der Waals surface area (Å²) >= 11 is 1.88. The Labute approximate surface area is 185 Å². The van der Waals surface area contributed by atoms with E-state index >= 15 is 0 Å². The van der Waals surface area contributed by atoms with Crippen molar-refractivity contribution in [2.75, 3.05) is 53.0 Å². The minimum absolute atomic E-state index is 0. The maximum atomic E-state index is 5.54. The topological polar surface area (TPSA) is 64.1 Å². The van der Waals surface area contributed by atoms with Crippen LogP contribution < -0.4 is 24.8 Å². The van der Waals surface area contributed by atoms with Crippen molar-refractivity contribution in [1.82, 2.24) is 10.6 Å². The predicted molar refractivity (Wildman–Crippen MR) is 127 cm³/mol. The fourth-order valence-corrected chi connectivity index (χ4v) is 3.06. The zero-order valence-corrected chi connectivity index (χ0v) is 20.2. The first-order valence-corrected chi connectivity index (χ1v) is 10.4. The number of benzene rings is 1. The van der Waals surface area contributed by atoms with Crippen LogP contribution in [0.3, 0.4) is 0 Å². The third-order valence-electron chi connectivity index (χ3n) is 3.84. The Morgan fingerprint density at radius 1 is 1.04 bits per heavy atom. The zero-order chi connectivity index (χ0) is 19.2. The van der Waals surface area contributed by atoms with Gasteiger partial charge in [-0.25, -0.2) is 0 Å². The molecule has 0 heterocycles. The van der Waals surface area contributed by atoms with Crippen molar-refractivity contribution in [2.45, 2.75) is 26.2 Å². The second-order valence-electron chi connectivity index (χ2n) is 5.63. The first kappa shape index (κ1) is 26.0. The van der Waals surface area contributed by atoms with Gasteiger partial charge in [-0.15, -0.1) is 24.0 Å². The molecule has 6 nitrogen and oxygen atoms in total. The number of hydrogen-bond donors (Lipinski definition) is 2. The molecule has 1 rings (SSSR count). The molecule has 1 aromatic carbocycles. The molecule has 0 spiro atoms. The van der Waals surface area contributed by atoms with Crippen LogP contribution in [0.1, 0.15) is 25.3 Å². The number of aliphatic imine (C=N–C) groups is 1. The summed E-state index contributed by atoms with van der Waals surface area (Å²) in [5.74, 6) is 4.06. The Balaban J connectivity index is 0.00000676. The predicted octanol–water partition coefficient (Wildman–Crippen LogP) is 3.57. The summed E-state index contributed by atoms with van der Waals surface area (Å²) in [6.45, 7) is 4.51. The highest BCUT2D eigenvalue weighted by Gasteiger charge is 2.15. The normalized spacial score (nSPS) is 10.8. The van der Waals surface area contributed by atoms with Gasteiger partial charge in [-0.3, -0.25) is 4.99 Å². The van der Waals surface area contributed by atoms with Crippen LogP contribution in [0.25, 0.3) is 0 Å². The van der Waals surface area contributed by atoms with E-state index in [0.29, 0.717) is 17.2 Å². The van der Waals surface area contributed by atoms with Gasteiger partial charge in [-0.2, -0.15) is 11.8 Å². The van der Waals surface area contributed by atoms with E-state index in [1.54, 1.807) is 21.3 Å². The van der Waals surface area contributed by atoms with Crippen molar-refractivity contribution < 1.29 is 14.2 Å². The zero-order valence-electron chi connectivity index (χ0n) is 17.1. The number of nitrogens with one attached hydrogen (secondary N) is 2. The highest BCUT2D eigenvalue weighted by atomic mass is 127. The number of guanidine groups is 1. The molecule has 0 amide bonds. The van der Waals surface area contributed by atoms with Crippen molar-refractivity contribution in [3.63, 3.8) is 0 Å². The molecule has 156 valence electrons. The molecule has 0 aromatic heterocycles.